The largest absolute Gasteiger partial charge is 0.466 e. The first-order valence-electron chi connectivity index (χ1n) is 9.56. The summed E-state index contributed by atoms with van der Waals surface area (Å²) in [6.07, 6.45) is 4.92. The average Bonchev–Trinajstić information content (AvgIpc) is 3.41. The van der Waals surface area contributed by atoms with Crippen molar-refractivity contribution < 1.29 is 9.52 Å². The Morgan fingerprint density at radius 1 is 1.39 bits per heavy atom. The number of nitrogens with zero attached hydrogens (tertiary/aromatic N) is 3. The van der Waals surface area contributed by atoms with Crippen LogP contribution in [0.1, 0.15) is 38.1 Å². The number of halogens is 1. The molecule has 2 aromatic heterocycles. The van der Waals surface area contributed by atoms with Crippen LogP contribution in [0.4, 0.5) is 5.13 Å². The summed E-state index contributed by atoms with van der Waals surface area (Å²) in [6.45, 7) is 7.67. The summed E-state index contributed by atoms with van der Waals surface area (Å²) in [6, 6.07) is 3.53. The first kappa shape index (κ1) is 23.0. The molecule has 7 nitrogen and oxygen atoms in total. The molecule has 0 aromatic carbocycles. The van der Waals surface area contributed by atoms with E-state index in [1.54, 1.807) is 36.7 Å². The molecule has 3 N–H and O–H groups in total. The SMILES string of the molecule is CCNC(=NCC(C)(O)c1ccco1)NCCc1csc(N2CCCC2)n1.I. The Labute approximate surface area is 187 Å². The van der Waals surface area contributed by atoms with Gasteiger partial charge in [0, 0.05) is 38.0 Å². The third-order valence-electron chi connectivity index (χ3n) is 4.53. The van der Waals surface area contributed by atoms with E-state index in [4.69, 9.17) is 9.40 Å². The summed E-state index contributed by atoms with van der Waals surface area (Å²) in [5, 5.41) is 20.3. The number of guanidine groups is 1. The summed E-state index contributed by atoms with van der Waals surface area (Å²) in [7, 11) is 0. The van der Waals surface area contributed by atoms with Gasteiger partial charge in [-0.25, -0.2) is 9.98 Å². The molecule has 1 aliphatic rings. The first-order chi connectivity index (χ1) is 13.1. The van der Waals surface area contributed by atoms with E-state index in [1.807, 2.05) is 6.92 Å². The minimum atomic E-state index is -1.13. The van der Waals surface area contributed by atoms with Crippen LogP contribution in [0.5, 0.6) is 0 Å². The van der Waals surface area contributed by atoms with E-state index in [0.717, 1.165) is 43.4 Å². The van der Waals surface area contributed by atoms with Gasteiger partial charge in [0.05, 0.1) is 18.5 Å². The number of hydrogen-bond donors (Lipinski definition) is 3. The van der Waals surface area contributed by atoms with Crippen molar-refractivity contribution in [3.63, 3.8) is 0 Å². The van der Waals surface area contributed by atoms with Crippen molar-refractivity contribution in [2.75, 3.05) is 37.6 Å². The van der Waals surface area contributed by atoms with Gasteiger partial charge in [0.25, 0.3) is 0 Å². The van der Waals surface area contributed by atoms with E-state index in [-0.39, 0.29) is 30.5 Å². The van der Waals surface area contributed by atoms with Gasteiger partial charge < -0.3 is 25.1 Å². The molecule has 9 heteroatoms. The highest BCUT2D eigenvalue weighted by molar-refractivity contribution is 14.0. The molecule has 0 saturated carbocycles. The minimum absolute atomic E-state index is 0. The number of thiazole rings is 1. The van der Waals surface area contributed by atoms with Gasteiger partial charge >= 0.3 is 0 Å². The highest BCUT2D eigenvalue weighted by Gasteiger charge is 2.26. The molecule has 1 aliphatic heterocycles. The lowest BCUT2D eigenvalue weighted by atomic mass is 10.0. The maximum absolute atomic E-state index is 10.5. The Morgan fingerprint density at radius 2 is 2.18 bits per heavy atom. The average molecular weight is 519 g/mol. The quantitative estimate of drug-likeness (QED) is 0.283. The number of rotatable bonds is 8. The van der Waals surface area contributed by atoms with Gasteiger partial charge in [-0.2, -0.15) is 0 Å². The zero-order valence-electron chi connectivity index (χ0n) is 16.5. The van der Waals surface area contributed by atoms with E-state index in [0.29, 0.717) is 11.7 Å². The molecule has 0 spiro atoms. The van der Waals surface area contributed by atoms with Crippen molar-refractivity contribution in [2.45, 2.75) is 38.7 Å². The molecule has 0 radical (unpaired) electrons. The molecule has 1 fully saturated rings. The number of aromatic nitrogens is 1. The second-order valence-electron chi connectivity index (χ2n) is 6.94. The third-order valence-corrected chi connectivity index (χ3v) is 5.48. The van der Waals surface area contributed by atoms with Crippen molar-refractivity contribution >= 4 is 46.4 Å². The zero-order chi connectivity index (χ0) is 19.1. The maximum atomic E-state index is 10.5. The van der Waals surface area contributed by atoms with Gasteiger partial charge in [-0.15, -0.1) is 35.3 Å². The second-order valence-corrected chi connectivity index (χ2v) is 7.78. The Kier molecular flexibility index (Phi) is 9.03. The van der Waals surface area contributed by atoms with E-state index in [1.165, 1.54) is 12.8 Å². The van der Waals surface area contributed by atoms with Gasteiger partial charge in [-0.3, -0.25) is 0 Å². The van der Waals surface area contributed by atoms with Crippen molar-refractivity contribution in [3.8, 4) is 0 Å². The van der Waals surface area contributed by atoms with Gasteiger partial charge in [-0.1, -0.05) is 0 Å². The number of nitrogens with one attached hydrogen (secondary N) is 2. The number of furan rings is 1. The topological polar surface area (TPSA) is 85.9 Å². The van der Waals surface area contributed by atoms with Gasteiger partial charge in [0.15, 0.2) is 11.1 Å². The van der Waals surface area contributed by atoms with Crippen LogP contribution < -0.4 is 15.5 Å². The van der Waals surface area contributed by atoms with Crippen LogP contribution in [-0.2, 0) is 12.0 Å². The van der Waals surface area contributed by atoms with Crippen LogP contribution in [0.2, 0.25) is 0 Å². The summed E-state index contributed by atoms with van der Waals surface area (Å²) in [4.78, 5) is 11.6. The predicted octanol–water partition coefficient (Wildman–Crippen LogP) is 2.96. The molecule has 156 valence electrons. The second kappa shape index (κ2) is 11.0. The molecule has 3 rings (SSSR count). The van der Waals surface area contributed by atoms with Crippen molar-refractivity contribution in [1.82, 2.24) is 15.6 Å². The molecular formula is C19H30IN5O2S. The molecule has 1 atom stereocenters. The fourth-order valence-corrected chi connectivity index (χ4v) is 3.93. The molecule has 2 aromatic rings. The van der Waals surface area contributed by atoms with Crippen LogP contribution in [0.15, 0.2) is 33.2 Å². The normalized spacial score (nSPS) is 16.5. The van der Waals surface area contributed by atoms with E-state index in [2.05, 4.69) is 25.9 Å². The molecule has 0 bridgehead atoms. The number of hydrogen-bond acceptors (Lipinski definition) is 6. The van der Waals surface area contributed by atoms with Crippen LogP contribution in [0.3, 0.4) is 0 Å². The monoisotopic (exact) mass is 519 g/mol. The van der Waals surface area contributed by atoms with E-state index < -0.39 is 5.60 Å². The van der Waals surface area contributed by atoms with Gasteiger partial charge in [0.1, 0.15) is 11.4 Å². The van der Waals surface area contributed by atoms with Crippen molar-refractivity contribution in [2.24, 2.45) is 4.99 Å². The Balaban J connectivity index is 0.00000280. The lowest BCUT2D eigenvalue weighted by molar-refractivity contribution is 0.0437. The first-order valence-corrected chi connectivity index (χ1v) is 10.4. The van der Waals surface area contributed by atoms with Crippen molar-refractivity contribution in [3.05, 3.63) is 35.2 Å². The molecule has 1 saturated heterocycles. The fraction of sp³-hybridized carbons (Fsp3) is 0.579. The van der Waals surface area contributed by atoms with Crippen LogP contribution in [-0.4, -0.2) is 48.8 Å². The van der Waals surface area contributed by atoms with Crippen LogP contribution in [0, 0.1) is 0 Å². The predicted molar refractivity (Wildman–Crippen MR) is 125 cm³/mol. The number of aliphatic imine (C=N–C) groups is 1. The lowest BCUT2D eigenvalue weighted by Gasteiger charge is -2.19. The van der Waals surface area contributed by atoms with Crippen molar-refractivity contribution in [1.29, 1.82) is 0 Å². The Bertz CT molecular complexity index is 727. The highest BCUT2D eigenvalue weighted by atomic mass is 127. The van der Waals surface area contributed by atoms with Gasteiger partial charge in [0.2, 0.25) is 0 Å². The summed E-state index contributed by atoms with van der Waals surface area (Å²) < 4.78 is 5.30. The fourth-order valence-electron chi connectivity index (χ4n) is 3.01. The Hall–Kier alpha value is -1.33. The zero-order valence-corrected chi connectivity index (χ0v) is 19.6. The molecule has 28 heavy (non-hydrogen) atoms. The summed E-state index contributed by atoms with van der Waals surface area (Å²) >= 11 is 1.73. The molecule has 0 aliphatic carbocycles. The molecule has 0 amide bonds. The standard InChI is InChI=1S/C19H29N5O2S.HI/c1-3-20-17(22-14-19(2,25)16-7-6-12-26-16)21-9-8-15-13-27-18(23-15)24-10-4-5-11-24;/h6-7,12-13,25H,3-5,8-11,14H2,1-2H3,(H2,20,21,22);1H. The van der Waals surface area contributed by atoms with Gasteiger partial charge in [-0.05, 0) is 38.8 Å². The van der Waals surface area contributed by atoms with Crippen LogP contribution >= 0.6 is 35.3 Å². The molecule has 3 heterocycles. The number of aliphatic hydroxyl groups is 1. The lowest BCUT2D eigenvalue weighted by Crippen LogP contribution is -2.39. The number of anilines is 1. The minimum Gasteiger partial charge on any atom is -0.466 e. The highest BCUT2D eigenvalue weighted by Crippen LogP contribution is 2.24. The summed E-state index contributed by atoms with van der Waals surface area (Å²) in [5.41, 5.74) is -0.0291. The molecule has 1 unspecified atom stereocenters. The maximum Gasteiger partial charge on any atom is 0.191 e. The molecular weight excluding hydrogens is 489 g/mol. The van der Waals surface area contributed by atoms with Crippen LogP contribution in [0.25, 0.3) is 0 Å². The van der Waals surface area contributed by atoms with E-state index in [9.17, 15) is 5.11 Å². The Morgan fingerprint density at radius 3 is 2.86 bits per heavy atom. The third kappa shape index (κ3) is 6.35. The smallest absolute Gasteiger partial charge is 0.191 e. The van der Waals surface area contributed by atoms with E-state index >= 15 is 0 Å². The summed E-state index contributed by atoms with van der Waals surface area (Å²) in [5.74, 6) is 1.19.